The predicted octanol–water partition coefficient (Wildman–Crippen LogP) is 4.11. The minimum absolute atomic E-state index is 0.256. The molecule has 0 aliphatic carbocycles. The van der Waals surface area contributed by atoms with Crippen molar-refractivity contribution >= 4 is 34.2 Å². The molecule has 1 amide bonds. The van der Waals surface area contributed by atoms with Crippen molar-refractivity contribution in [2.45, 2.75) is 0 Å². The van der Waals surface area contributed by atoms with Crippen LogP contribution in [0.4, 0.5) is 5.13 Å². The molecule has 0 aliphatic rings. The Balaban J connectivity index is 1.77. The standard InChI is InChI=1S/C15H10ClN3OS/c16-12-8-4-7-11(9-12)14(20)18-15-17-13(19-21-15)10-5-2-1-3-6-10/h1-9H,(H,17,18,19,20). The minimum atomic E-state index is -0.256. The highest BCUT2D eigenvalue weighted by Crippen LogP contribution is 2.21. The molecule has 0 atom stereocenters. The monoisotopic (exact) mass is 315 g/mol. The number of carbonyl (C=O) groups excluding carboxylic acids is 1. The molecule has 2 aromatic carbocycles. The maximum atomic E-state index is 12.1. The maximum Gasteiger partial charge on any atom is 0.257 e. The van der Waals surface area contributed by atoms with E-state index in [1.165, 1.54) is 0 Å². The van der Waals surface area contributed by atoms with E-state index < -0.39 is 0 Å². The first-order valence-corrected chi connectivity index (χ1v) is 7.33. The van der Waals surface area contributed by atoms with Gasteiger partial charge in [-0.3, -0.25) is 10.1 Å². The van der Waals surface area contributed by atoms with Crippen LogP contribution in [0.5, 0.6) is 0 Å². The summed E-state index contributed by atoms with van der Waals surface area (Å²) in [7, 11) is 0. The number of halogens is 1. The summed E-state index contributed by atoms with van der Waals surface area (Å²) in [5, 5.41) is 3.70. The second-order valence-corrected chi connectivity index (χ2v) is 5.44. The number of anilines is 1. The summed E-state index contributed by atoms with van der Waals surface area (Å²) in [6, 6.07) is 16.4. The van der Waals surface area contributed by atoms with Gasteiger partial charge in [0.05, 0.1) is 0 Å². The van der Waals surface area contributed by atoms with Crippen LogP contribution in [-0.2, 0) is 0 Å². The fourth-order valence-electron chi connectivity index (χ4n) is 1.78. The van der Waals surface area contributed by atoms with Crippen LogP contribution < -0.4 is 5.32 Å². The zero-order chi connectivity index (χ0) is 14.7. The molecule has 0 saturated heterocycles. The Bertz CT molecular complexity index is 773. The van der Waals surface area contributed by atoms with Crippen molar-refractivity contribution in [2.24, 2.45) is 0 Å². The first-order valence-electron chi connectivity index (χ1n) is 6.18. The molecule has 1 heterocycles. The van der Waals surface area contributed by atoms with Gasteiger partial charge in [-0.05, 0) is 18.2 Å². The van der Waals surface area contributed by atoms with Crippen LogP contribution in [0.1, 0.15) is 10.4 Å². The van der Waals surface area contributed by atoms with Gasteiger partial charge in [0.2, 0.25) is 5.13 Å². The number of rotatable bonds is 3. The van der Waals surface area contributed by atoms with E-state index in [0.29, 0.717) is 21.5 Å². The van der Waals surface area contributed by atoms with E-state index in [1.54, 1.807) is 24.3 Å². The van der Waals surface area contributed by atoms with Gasteiger partial charge in [0.1, 0.15) is 0 Å². The third kappa shape index (κ3) is 3.26. The lowest BCUT2D eigenvalue weighted by Gasteiger charge is -2.01. The zero-order valence-corrected chi connectivity index (χ0v) is 12.4. The van der Waals surface area contributed by atoms with Gasteiger partial charge < -0.3 is 0 Å². The lowest BCUT2D eigenvalue weighted by Crippen LogP contribution is -2.11. The van der Waals surface area contributed by atoms with E-state index in [4.69, 9.17) is 11.6 Å². The Hall–Kier alpha value is -2.24. The molecule has 3 rings (SSSR count). The van der Waals surface area contributed by atoms with E-state index in [0.717, 1.165) is 17.1 Å². The molecule has 0 fully saturated rings. The van der Waals surface area contributed by atoms with Gasteiger partial charge >= 0.3 is 0 Å². The smallest absolute Gasteiger partial charge is 0.257 e. The largest absolute Gasteiger partial charge is 0.297 e. The van der Waals surface area contributed by atoms with Crippen LogP contribution in [0.2, 0.25) is 5.02 Å². The number of hydrogen-bond acceptors (Lipinski definition) is 4. The molecule has 104 valence electrons. The first kappa shape index (κ1) is 13.7. The van der Waals surface area contributed by atoms with Crippen molar-refractivity contribution in [3.63, 3.8) is 0 Å². The van der Waals surface area contributed by atoms with Crippen LogP contribution in [0.3, 0.4) is 0 Å². The summed E-state index contributed by atoms with van der Waals surface area (Å²) in [4.78, 5) is 16.4. The van der Waals surface area contributed by atoms with Crippen LogP contribution in [0.25, 0.3) is 11.4 Å². The van der Waals surface area contributed by atoms with Gasteiger partial charge in [-0.2, -0.15) is 9.36 Å². The molecule has 1 N–H and O–H groups in total. The molecule has 0 saturated carbocycles. The molecular weight excluding hydrogens is 306 g/mol. The molecule has 6 heteroatoms. The fraction of sp³-hybridized carbons (Fsp3) is 0. The van der Waals surface area contributed by atoms with Crippen LogP contribution in [-0.4, -0.2) is 15.3 Å². The van der Waals surface area contributed by atoms with Crippen molar-refractivity contribution in [3.05, 3.63) is 65.2 Å². The Kier molecular flexibility index (Phi) is 3.94. The summed E-state index contributed by atoms with van der Waals surface area (Å²) in [6.07, 6.45) is 0. The number of aromatic nitrogens is 2. The molecular formula is C15H10ClN3OS. The van der Waals surface area contributed by atoms with E-state index in [-0.39, 0.29) is 5.91 Å². The van der Waals surface area contributed by atoms with Crippen molar-refractivity contribution in [2.75, 3.05) is 5.32 Å². The molecule has 0 radical (unpaired) electrons. The topological polar surface area (TPSA) is 54.9 Å². The molecule has 4 nitrogen and oxygen atoms in total. The maximum absolute atomic E-state index is 12.1. The summed E-state index contributed by atoms with van der Waals surface area (Å²) >= 11 is 7.02. The molecule has 0 unspecified atom stereocenters. The molecule has 1 aromatic heterocycles. The minimum Gasteiger partial charge on any atom is -0.297 e. The van der Waals surface area contributed by atoms with Crippen molar-refractivity contribution < 1.29 is 4.79 Å². The van der Waals surface area contributed by atoms with E-state index in [1.807, 2.05) is 30.3 Å². The third-order valence-corrected chi connectivity index (χ3v) is 3.63. The predicted molar refractivity (Wildman–Crippen MR) is 84.8 cm³/mol. The second kappa shape index (κ2) is 6.03. The van der Waals surface area contributed by atoms with E-state index >= 15 is 0 Å². The Morgan fingerprint density at radius 1 is 1.10 bits per heavy atom. The molecule has 0 spiro atoms. The number of amides is 1. The van der Waals surface area contributed by atoms with Crippen molar-refractivity contribution in [1.29, 1.82) is 0 Å². The molecule has 21 heavy (non-hydrogen) atoms. The highest BCUT2D eigenvalue weighted by Gasteiger charge is 2.11. The van der Waals surface area contributed by atoms with Gasteiger partial charge in [0, 0.05) is 27.7 Å². The van der Waals surface area contributed by atoms with Gasteiger partial charge in [0.25, 0.3) is 5.91 Å². The summed E-state index contributed by atoms with van der Waals surface area (Å²) in [6.45, 7) is 0. The van der Waals surface area contributed by atoms with Gasteiger partial charge in [-0.1, -0.05) is 48.0 Å². The number of nitrogens with zero attached hydrogens (tertiary/aromatic N) is 2. The molecule has 3 aromatic rings. The molecule has 0 bridgehead atoms. The van der Waals surface area contributed by atoms with Crippen LogP contribution in [0.15, 0.2) is 54.6 Å². The quantitative estimate of drug-likeness (QED) is 0.791. The number of carbonyl (C=O) groups is 1. The summed E-state index contributed by atoms with van der Waals surface area (Å²) < 4.78 is 4.24. The molecule has 0 aliphatic heterocycles. The third-order valence-electron chi connectivity index (χ3n) is 2.77. The van der Waals surface area contributed by atoms with Crippen LogP contribution in [0, 0.1) is 0 Å². The normalized spacial score (nSPS) is 10.3. The Morgan fingerprint density at radius 2 is 1.90 bits per heavy atom. The Labute approximate surface area is 130 Å². The fourth-order valence-corrected chi connectivity index (χ4v) is 2.55. The first-order chi connectivity index (χ1) is 10.2. The van der Waals surface area contributed by atoms with Crippen LogP contribution >= 0.6 is 23.1 Å². The van der Waals surface area contributed by atoms with E-state index in [2.05, 4.69) is 14.7 Å². The second-order valence-electron chi connectivity index (χ2n) is 4.25. The number of benzene rings is 2. The van der Waals surface area contributed by atoms with Gasteiger partial charge in [-0.15, -0.1) is 0 Å². The average molecular weight is 316 g/mol. The highest BCUT2D eigenvalue weighted by atomic mass is 35.5. The average Bonchev–Trinajstić information content (AvgIpc) is 2.97. The lowest BCUT2D eigenvalue weighted by molar-refractivity contribution is 0.102. The summed E-state index contributed by atoms with van der Waals surface area (Å²) in [5.74, 6) is 0.343. The number of nitrogens with one attached hydrogen (secondary N) is 1. The van der Waals surface area contributed by atoms with Crippen molar-refractivity contribution in [1.82, 2.24) is 9.36 Å². The van der Waals surface area contributed by atoms with Crippen molar-refractivity contribution in [3.8, 4) is 11.4 Å². The van der Waals surface area contributed by atoms with Gasteiger partial charge in [-0.25, -0.2) is 0 Å². The SMILES string of the molecule is O=C(Nc1nc(-c2ccccc2)ns1)c1cccc(Cl)c1. The highest BCUT2D eigenvalue weighted by molar-refractivity contribution is 7.10. The summed E-state index contributed by atoms with van der Waals surface area (Å²) in [5.41, 5.74) is 1.40. The lowest BCUT2D eigenvalue weighted by atomic mass is 10.2. The number of hydrogen-bond donors (Lipinski definition) is 1. The Morgan fingerprint density at radius 3 is 2.67 bits per heavy atom. The van der Waals surface area contributed by atoms with Gasteiger partial charge in [0.15, 0.2) is 5.82 Å². The van der Waals surface area contributed by atoms with E-state index in [9.17, 15) is 4.79 Å². The zero-order valence-electron chi connectivity index (χ0n) is 10.8.